The lowest BCUT2D eigenvalue weighted by Gasteiger charge is -2.12. The Morgan fingerprint density at radius 3 is 2.48 bits per heavy atom. The fraction of sp³-hybridized carbons (Fsp3) is 0.143. The summed E-state index contributed by atoms with van der Waals surface area (Å²) in [7, 11) is -4.12. The molecular formula is C14H13F2NO3S. The number of hydrogen-bond donors (Lipinski definition) is 2. The van der Waals surface area contributed by atoms with E-state index in [2.05, 4.69) is 0 Å². The molecule has 2 aromatic rings. The van der Waals surface area contributed by atoms with Gasteiger partial charge in [0.2, 0.25) is 0 Å². The highest BCUT2D eigenvalue weighted by Crippen LogP contribution is 2.24. The van der Waals surface area contributed by atoms with Crippen LogP contribution in [0.3, 0.4) is 0 Å². The molecule has 4 nitrogen and oxygen atoms in total. The van der Waals surface area contributed by atoms with Gasteiger partial charge in [0.15, 0.2) is 0 Å². The number of aliphatic hydroxyl groups is 1. The van der Waals surface area contributed by atoms with Crippen molar-refractivity contribution in [3.05, 3.63) is 59.2 Å². The van der Waals surface area contributed by atoms with Gasteiger partial charge in [-0.2, -0.15) is 0 Å². The maximum atomic E-state index is 13.7. The van der Waals surface area contributed by atoms with Crippen LogP contribution in [0.25, 0.3) is 0 Å². The van der Waals surface area contributed by atoms with Gasteiger partial charge in [0.1, 0.15) is 11.6 Å². The molecule has 0 aliphatic rings. The summed E-state index contributed by atoms with van der Waals surface area (Å²) in [6, 6.07) is 7.43. The standard InChI is InChI=1S/C14H13F2NO3S/c1-9-6-12(16)13(7-11(9)15)17-21(19,20)14-5-3-2-4-10(14)8-18/h2-7,17-18H,8H2,1H3. The Morgan fingerprint density at radius 2 is 1.81 bits per heavy atom. The van der Waals surface area contributed by atoms with Crippen LogP contribution in [0.4, 0.5) is 14.5 Å². The van der Waals surface area contributed by atoms with Crippen LogP contribution < -0.4 is 4.72 Å². The molecule has 0 spiro atoms. The molecule has 2 rings (SSSR count). The number of nitrogens with one attached hydrogen (secondary N) is 1. The Labute approximate surface area is 121 Å². The summed E-state index contributed by atoms with van der Waals surface area (Å²) < 4.78 is 53.6. The first kappa shape index (κ1) is 15.4. The van der Waals surface area contributed by atoms with Gasteiger partial charge in [0, 0.05) is 6.07 Å². The summed E-state index contributed by atoms with van der Waals surface area (Å²) in [6.07, 6.45) is 0. The number of anilines is 1. The van der Waals surface area contributed by atoms with Crippen LogP contribution in [-0.4, -0.2) is 13.5 Å². The molecule has 2 N–H and O–H groups in total. The largest absolute Gasteiger partial charge is 0.392 e. The Kier molecular flexibility index (Phi) is 4.24. The van der Waals surface area contributed by atoms with Gasteiger partial charge in [0.25, 0.3) is 10.0 Å². The van der Waals surface area contributed by atoms with Gasteiger partial charge >= 0.3 is 0 Å². The van der Waals surface area contributed by atoms with E-state index >= 15 is 0 Å². The molecule has 0 heterocycles. The lowest BCUT2D eigenvalue weighted by atomic mass is 10.2. The Hall–Kier alpha value is -1.99. The average molecular weight is 313 g/mol. The molecule has 2 aromatic carbocycles. The van der Waals surface area contributed by atoms with Crippen LogP contribution in [-0.2, 0) is 16.6 Å². The highest BCUT2D eigenvalue weighted by Gasteiger charge is 2.20. The zero-order valence-corrected chi connectivity index (χ0v) is 11.9. The molecule has 0 radical (unpaired) electrons. The highest BCUT2D eigenvalue weighted by molar-refractivity contribution is 7.92. The topological polar surface area (TPSA) is 66.4 Å². The highest BCUT2D eigenvalue weighted by atomic mass is 32.2. The zero-order valence-electron chi connectivity index (χ0n) is 11.1. The van der Waals surface area contributed by atoms with Crippen LogP contribution in [0.5, 0.6) is 0 Å². The smallest absolute Gasteiger partial charge is 0.262 e. The van der Waals surface area contributed by atoms with E-state index in [1.165, 1.54) is 25.1 Å². The van der Waals surface area contributed by atoms with Crippen LogP contribution in [0.2, 0.25) is 0 Å². The summed E-state index contributed by atoms with van der Waals surface area (Å²) in [6.45, 7) is 0.888. The van der Waals surface area contributed by atoms with Gasteiger partial charge in [-0.15, -0.1) is 0 Å². The fourth-order valence-corrected chi connectivity index (χ4v) is 3.11. The number of hydrogen-bond acceptors (Lipinski definition) is 3. The van der Waals surface area contributed by atoms with Crippen molar-refractivity contribution in [3.63, 3.8) is 0 Å². The summed E-state index contributed by atoms with van der Waals surface area (Å²) >= 11 is 0. The van der Waals surface area contributed by atoms with E-state index in [0.717, 1.165) is 12.1 Å². The summed E-state index contributed by atoms with van der Waals surface area (Å²) in [5, 5.41) is 9.16. The van der Waals surface area contributed by atoms with E-state index in [4.69, 9.17) is 5.11 Å². The van der Waals surface area contributed by atoms with Gasteiger partial charge in [-0.1, -0.05) is 18.2 Å². The van der Waals surface area contributed by atoms with Gasteiger partial charge < -0.3 is 5.11 Å². The molecule has 0 saturated heterocycles. The van der Waals surface area contributed by atoms with Crippen molar-refractivity contribution in [2.24, 2.45) is 0 Å². The Morgan fingerprint density at radius 1 is 1.14 bits per heavy atom. The number of rotatable bonds is 4. The third-order valence-corrected chi connectivity index (χ3v) is 4.39. The number of halogens is 2. The number of aliphatic hydroxyl groups excluding tert-OH is 1. The maximum absolute atomic E-state index is 13.7. The second-order valence-electron chi connectivity index (χ2n) is 4.45. The number of sulfonamides is 1. The van der Waals surface area contributed by atoms with Crippen molar-refractivity contribution < 1.29 is 22.3 Å². The molecule has 7 heteroatoms. The number of benzene rings is 2. The Bertz CT molecular complexity index is 776. The molecule has 0 atom stereocenters. The minimum absolute atomic E-state index is 0.0752. The molecular weight excluding hydrogens is 300 g/mol. The quantitative estimate of drug-likeness (QED) is 0.911. The third-order valence-electron chi connectivity index (χ3n) is 2.93. The van der Waals surface area contributed by atoms with Crippen molar-refractivity contribution in [1.82, 2.24) is 0 Å². The second kappa shape index (κ2) is 5.79. The van der Waals surface area contributed by atoms with Crippen LogP contribution >= 0.6 is 0 Å². The summed E-state index contributed by atoms with van der Waals surface area (Å²) in [5.41, 5.74) is -0.241. The SMILES string of the molecule is Cc1cc(F)c(NS(=O)(=O)c2ccccc2CO)cc1F. The lowest BCUT2D eigenvalue weighted by Crippen LogP contribution is -2.16. The molecule has 0 aliphatic heterocycles. The summed E-state index contributed by atoms with van der Waals surface area (Å²) in [4.78, 5) is -0.187. The van der Waals surface area contributed by atoms with E-state index in [1.807, 2.05) is 4.72 Å². The van der Waals surface area contributed by atoms with Gasteiger partial charge in [-0.25, -0.2) is 17.2 Å². The van der Waals surface area contributed by atoms with Crippen LogP contribution in [0.15, 0.2) is 41.3 Å². The minimum Gasteiger partial charge on any atom is -0.392 e. The predicted molar refractivity (Wildman–Crippen MR) is 74.3 cm³/mol. The molecule has 0 saturated carbocycles. The third kappa shape index (κ3) is 3.20. The van der Waals surface area contributed by atoms with Crippen molar-refractivity contribution in [2.45, 2.75) is 18.4 Å². The second-order valence-corrected chi connectivity index (χ2v) is 6.10. The number of aryl methyl sites for hydroxylation is 1. The van der Waals surface area contributed by atoms with E-state index in [-0.39, 0.29) is 16.0 Å². The van der Waals surface area contributed by atoms with E-state index in [9.17, 15) is 17.2 Å². The lowest BCUT2D eigenvalue weighted by molar-refractivity contribution is 0.278. The van der Waals surface area contributed by atoms with Crippen LogP contribution in [0.1, 0.15) is 11.1 Å². The molecule has 0 amide bonds. The van der Waals surface area contributed by atoms with Crippen molar-refractivity contribution in [2.75, 3.05) is 4.72 Å². The van der Waals surface area contributed by atoms with E-state index < -0.39 is 34.0 Å². The fourth-order valence-electron chi connectivity index (χ4n) is 1.82. The Balaban J connectivity index is 2.45. The first-order valence-electron chi connectivity index (χ1n) is 6.02. The van der Waals surface area contributed by atoms with Crippen molar-refractivity contribution in [1.29, 1.82) is 0 Å². The van der Waals surface area contributed by atoms with Gasteiger partial charge in [0.05, 0.1) is 17.2 Å². The van der Waals surface area contributed by atoms with Gasteiger partial charge in [-0.3, -0.25) is 4.72 Å². The molecule has 0 aromatic heterocycles. The zero-order chi connectivity index (χ0) is 15.6. The molecule has 0 aliphatic carbocycles. The van der Waals surface area contributed by atoms with E-state index in [0.29, 0.717) is 0 Å². The van der Waals surface area contributed by atoms with Crippen LogP contribution in [0, 0.1) is 18.6 Å². The molecule has 0 bridgehead atoms. The molecule has 21 heavy (non-hydrogen) atoms. The minimum atomic E-state index is -4.12. The van der Waals surface area contributed by atoms with Crippen molar-refractivity contribution in [3.8, 4) is 0 Å². The normalized spacial score (nSPS) is 11.4. The molecule has 0 fully saturated rings. The average Bonchev–Trinajstić information content (AvgIpc) is 2.44. The summed E-state index contributed by atoms with van der Waals surface area (Å²) in [5.74, 6) is -1.59. The van der Waals surface area contributed by atoms with Gasteiger partial charge in [-0.05, 0) is 30.2 Å². The maximum Gasteiger partial charge on any atom is 0.262 e. The first-order chi connectivity index (χ1) is 9.85. The van der Waals surface area contributed by atoms with Crippen molar-refractivity contribution >= 4 is 15.7 Å². The predicted octanol–water partition coefficient (Wildman–Crippen LogP) is 2.57. The van der Waals surface area contributed by atoms with E-state index in [1.54, 1.807) is 6.07 Å². The first-order valence-corrected chi connectivity index (χ1v) is 7.50. The molecule has 112 valence electrons. The molecule has 0 unspecified atom stereocenters. The monoisotopic (exact) mass is 313 g/mol.